The molecule has 2 aliphatic rings. The molecule has 5 rings (SSSR count). The number of halogens is 1. The Bertz CT molecular complexity index is 1250. The van der Waals surface area contributed by atoms with Gasteiger partial charge in [0, 0.05) is 55.5 Å². The van der Waals surface area contributed by atoms with Crippen LogP contribution in [-0.2, 0) is 11.3 Å². The molecule has 2 amide bonds. The van der Waals surface area contributed by atoms with Gasteiger partial charge in [0.2, 0.25) is 5.91 Å². The fraction of sp³-hybridized carbons (Fsp3) is 0.375. The fourth-order valence-electron chi connectivity index (χ4n) is 4.57. The molecule has 3 aromatic rings. The first kappa shape index (κ1) is 21.6. The maximum atomic E-state index is 13.0. The summed E-state index contributed by atoms with van der Waals surface area (Å²) < 4.78 is 6.65. The molecular weight excluding hydrogens is 444 g/mol. The van der Waals surface area contributed by atoms with Crippen LogP contribution in [0.3, 0.4) is 0 Å². The van der Waals surface area contributed by atoms with Gasteiger partial charge in [-0.15, -0.1) is 0 Å². The van der Waals surface area contributed by atoms with E-state index in [0.717, 1.165) is 31.6 Å². The fourth-order valence-corrected chi connectivity index (χ4v) is 4.75. The molecule has 2 saturated heterocycles. The summed E-state index contributed by atoms with van der Waals surface area (Å²) in [5.41, 5.74) is 2.37. The number of nitrogens with zero attached hydrogens (tertiary/aromatic N) is 4. The van der Waals surface area contributed by atoms with Crippen LogP contribution in [0.25, 0.3) is 11.1 Å². The van der Waals surface area contributed by atoms with Crippen LogP contribution in [-0.4, -0.2) is 65.4 Å². The summed E-state index contributed by atoms with van der Waals surface area (Å²) in [6, 6.07) is 12.6. The van der Waals surface area contributed by atoms with Crippen molar-refractivity contribution in [3.8, 4) is 0 Å². The number of piperazine rings is 1. The number of hydrogen-bond donors (Lipinski definition) is 0. The predicted molar refractivity (Wildman–Crippen MR) is 126 cm³/mol. The Morgan fingerprint density at radius 3 is 2.39 bits per heavy atom. The Labute approximate surface area is 195 Å². The van der Waals surface area contributed by atoms with E-state index < -0.39 is 5.76 Å². The lowest BCUT2D eigenvalue weighted by Gasteiger charge is -2.36. The summed E-state index contributed by atoms with van der Waals surface area (Å²) in [5.74, 6) is -0.804. The smallest absolute Gasteiger partial charge is 0.408 e. The Morgan fingerprint density at radius 1 is 0.909 bits per heavy atom. The number of hydrogen-bond acceptors (Lipinski definition) is 5. The van der Waals surface area contributed by atoms with Gasteiger partial charge < -0.3 is 19.1 Å². The molecule has 2 aromatic carbocycles. The van der Waals surface area contributed by atoms with Gasteiger partial charge in [0.25, 0.3) is 5.91 Å². The summed E-state index contributed by atoms with van der Waals surface area (Å²) >= 11 is 6.10. The van der Waals surface area contributed by atoms with Crippen molar-refractivity contribution >= 4 is 40.2 Å². The summed E-state index contributed by atoms with van der Waals surface area (Å²) in [7, 11) is 0. The molecule has 0 radical (unpaired) electrons. The number of carbonyl (C=O) groups is 2. The van der Waals surface area contributed by atoms with Crippen molar-refractivity contribution in [2.24, 2.45) is 0 Å². The molecule has 2 fully saturated rings. The Hall–Kier alpha value is -3.26. The monoisotopic (exact) mass is 468 g/mol. The van der Waals surface area contributed by atoms with Gasteiger partial charge in [-0.1, -0.05) is 17.7 Å². The highest BCUT2D eigenvalue weighted by atomic mass is 35.5. The van der Waals surface area contributed by atoms with E-state index in [2.05, 4.69) is 4.90 Å². The first-order valence-corrected chi connectivity index (χ1v) is 11.6. The molecular formula is C24H25ClN4O4. The van der Waals surface area contributed by atoms with E-state index in [1.165, 1.54) is 4.57 Å². The van der Waals surface area contributed by atoms with Crippen molar-refractivity contribution in [2.45, 2.75) is 19.4 Å². The van der Waals surface area contributed by atoms with Crippen molar-refractivity contribution in [3.63, 3.8) is 0 Å². The van der Waals surface area contributed by atoms with E-state index in [1.54, 1.807) is 23.1 Å². The van der Waals surface area contributed by atoms with Gasteiger partial charge in [-0.05, 0) is 49.2 Å². The minimum absolute atomic E-state index is 0.0573. The lowest BCUT2D eigenvalue weighted by atomic mass is 10.2. The molecule has 3 heterocycles. The quantitative estimate of drug-likeness (QED) is 0.588. The number of amides is 2. The topological polar surface area (TPSA) is 79.0 Å². The summed E-state index contributed by atoms with van der Waals surface area (Å²) in [5, 5.41) is 0.680. The number of aromatic nitrogens is 1. The first-order valence-electron chi connectivity index (χ1n) is 11.2. The number of oxazole rings is 1. The number of likely N-dealkylation sites (tertiary alicyclic amines) is 1. The molecule has 0 spiro atoms. The zero-order valence-electron chi connectivity index (χ0n) is 18.2. The molecule has 8 nitrogen and oxygen atoms in total. The molecule has 0 N–H and O–H groups in total. The van der Waals surface area contributed by atoms with Crippen molar-refractivity contribution in [3.05, 3.63) is 63.6 Å². The van der Waals surface area contributed by atoms with E-state index in [1.807, 2.05) is 29.2 Å². The number of carbonyl (C=O) groups excluding carboxylic acids is 2. The third-order valence-corrected chi connectivity index (χ3v) is 6.64. The van der Waals surface area contributed by atoms with Crippen molar-refractivity contribution in [2.75, 3.05) is 44.2 Å². The van der Waals surface area contributed by atoms with Gasteiger partial charge in [0.05, 0.1) is 5.52 Å². The lowest BCUT2D eigenvalue weighted by molar-refractivity contribution is -0.132. The average molecular weight is 469 g/mol. The molecule has 33 heavy (non-hydrogen) atoms. The van der Waals surface area contributed by atoms with E-state index >= 15 is 0 Å². The van der Waals surface area contributed by atoms with Crippen LogP contribution in [0.4, 0.5) is 5.69 Å². The zero-order valence-corrected chi connectivity index (χ0v) is 19.0. The highest BCUT2D eigenvalue weighted by Crippen LogP contribution is 2.22. The number of fused-ring (bicyclic) bond motifs is 1. The average Bonchev–Trinajstić information content (AvgIpc) is 3.47. The van der Waals surface area contributed by atoms with Gasteiger partial charge in [-0.25, -0.2) is 4.79 Å². The van der Waals surface area contributed by atoms with Crippen LogP contribution in [0, 0.1) is 0 Å². The second-order valence-corrected chi connectivity index (χ2v) is 8.92. The van der Waals surface area contributed by atoms with Crippen molar-refractivity contribution < 1.29 is 14.0 Å². The third kappa shape index (κ3) is 4.35. The molecule has 0 atom stereocenters. The molecule has 0 saturated carbocycles. The molecule has 2 aliphatic heterocycles. The van der Waals surface area contributed by atoms with Gasteiger partial charge in [-0.2, -0.15) is 0 Å². The number of anilines is 1. The van der Waals surface area contributed by atoms with Gasteiger partial charge in [-0.3, -0.25) is 14.2 Å². The predicted octanol–water partition coefficient (Wildman–Crippen LogP) is 2.83. The van der Waals surface area contributed by atoms with Crippen LogP contribution in [0.5, 0.6) is 0 Å². The van der Waals surface area contributed by atoms with Crippen LogP contribution in [0.15, 0.2) is 51.7 Å². The second-order valence-electron chi connectivity index (χ2n) is 8.48. The highest BCUT2D eigenvalue weighted by Gasteiger charge is 2.24. The minimum Gasteiger partial charge on any atom is -0.408 e. The molecule has 0 aliphatic carbocycles. The van der Waals surface area contributed by atoms with Crippen LogP contribution < -0.4 is 10.7 Å². The molecule has 0 unspecified atom stereocenters. The van der Waals surface area contributed by atoms with Gasteiger partial charge in [0.1, 0.15) is 6.54 Å². The highest BCUT2D eigenvalue weighted by molar-refractivity contribution is 6.30. The Kier molecular flexibility index (Phi) is 5.85. The van der Waals surface area contributed by atoms with Gasteiger partial charge >= 0.3 is 5.76 Å². The standard InChI is InChI=1S/C24H25ClN4O4/c25-18-4-3-5-19(15-18)26-10-12-27(13-11-26)22(30)16-29-20-14-17(6-7-21(20)33-24(29)32)23(31)28-8-1-2-9-28/h3-7,14-15H,1-2,8-13,16H2. The Morgan fingerprint density at radius 2 is 1.67 bits per heavy atom. The SMILES string of the molecule is O=C(Cn1c(=O)oc2ccc(C(=O)N3CCCC3)cc21)N1CCN(c2cccc(Cl)c2)CC1. The minimum atomic E-state index is -0.596. The third-order valence-electron chi connectivity index (χ3n) is 6.41. The number of benzene rings is 2. The van der Waals surface area contributed by atoms with E-state index in [4.69, 9.17) is 16.0 Å². The van der Waals surface area contributed by atoms with E-state index in [0.29, 0.717) is 47.9 Å². The maximum Gasteiger partial charge on any atom is 0.420 e. The van der Waals surface area contributed by atoms with Gasteiger partial charge in [0.15, 0.2) is 5.58 Å². The largest absolute Gasteiger partial charge is 0.420 e. The van der Waals surface area contributed by atoms with E-state index in [-0.39, 0.29) is 18.4 Å². The second kappa shape index (κ2) is 8.94. The Balaban J connectivity index is 1.30. The molecule has 172 valence electrons. The molecule has 0 bridgehead atoms. The van der Waals surface area contributed by atoms with Crippen LogP contribution in [0.2, 0.25) is 5.02 Å². The maximum absolute atomic E-state index is 13.0. The van der Waals surface area contributed by atoms with Crippen molar-refractivity contribution in [1.29, 1.82) is 0 Å². The first-order chi connectivity index (χ1) is 16.0. The summed E-state index contributed by atoms with van der Waals surface area (Å²) in [4.78, 5) is 44.0. The van der Waals surface area contributed by atoms with Crippen LogP contribution in [0.1, 0.15) is 23.2 Å². The van der Waals surface area contributed by atoms with Crippen LogP contribution >= 0.6 is 11.6 Å². The summed E-state index contributed by atoms with van der Waals surface area (Å²) in [6.07, 6.45) is 2.01. The lowest BCUT2D eigenvalue weighted by Crippen LogP contribution is -2.50. The number of rotatable bonds is 4. The van der Waals surface area contributed by atoms with E-state index in [9.17, 15) is 14.4 Å². The molecule has 9 heteroatoms. The molecule has 1 aromatic heterocycles. The van der Waals surface area contributed by atoms with Crippen molar-refractivity contribution in [1.82, 2.24) is 14.4 Å². The summed E-state index contributed by atoms with van der Waals surface area (Å²) in [6.45, 7) is 3.83. The zero-order chi connectivity index (χ0) is 22.9. The normalized spacial score (nSPS) is 16.6.